The minimum absolute atomic E-state index is 0.501. The third-order valence-electron chi connectivity index (χ3n) is 3.99. The normalized spacial score (nSPS) is 9.56. The van der Waals surface area contributed by atoms with E-state index in [1.54, 1.807) is 12.3 Å². The molecule has 0 spiro atoms. The Bertz CT molecular complexity index is 1010. The zero-order chi connectivity index (χ0) is 19.5. The number of benzene rings is 3. The molecule has 0 aliphatic heterocycles. The van der Waals surface area contributed by atoms with E-state index in [1.807, 2.05) is 68.4 Å². The molecule has 3 aromatic carbocycles. The van der Waals surface area contributed by atoms with Crippen LogP contribution in [-0.4, -0.2) is 17.6 Å². The van der Waals surface area contributed by atoms with Crippen molar-refractivity contribution in [1.29, 1.82) is 0 Å². The van der Waals surface area contributed by atoms with Crippen LogP contribution in [0, 0.1) is 0 Å². The van der Waals surface area contributed by atoms with Crippen LogP contribution in [0.25, 0.3) is 21.7 Å². The topological polar surface area (TPSA) is 47.0 Å². The van der Waals surface area contributed by atoms with Crippen molar-refractivity contribution in [2.45, 2.75) is 20.3 Å². The number of hydrogen-bond acceptors (Lipinski definition) is 3. The van der Waals surface area contributed by atoms with Crippen LogP contribution in [0.1, 0.15) is 29.8 Å². The lowest BCUT2D eigenvalue weighted by atomic mass is 10.0. The van der Waals surface area contributed by atoms with Gasteiger partial charge in [-0.15, -0.1) is 0 Å². The van der Waals surface area contributed by atoms with Crippen LogP contribution >= 0.6 is 0 Å². The van der Waals surface area contributed by atoms with Crippen molar-refractivity contribution in [3.63, 3.8) is 0 Å². The van der Waals surface area contributed by atoms with Crippen LogP contribution in [0.5, 0.6) is 0 Å². The minimum atomic E-state index is 0.501. The zero-order valence-electron chi connectivity index (χ0n) is 15.6. The summed E-state index contributed by atoms with van der Waals surface area (Å²) in [5, 5.41) is 3.29. The largest absolute Gasteiger partial charge is 0.303 e. The molecule has 1 heterocycles. The summed E-state index contributed by atoms with van der Waals surface area (Å²) in [4.78, 5) is 25.1. The third-order valence-corrected chi connectivity index (χ3v) is 3.99. The van der Waals surface area contributed by atoms with E-state index in [-0.39, 0.29) is 0 Å². The van der Waals surface area contributed by atoms with E-state index in [4.69, 9.17) is 0 Å². The first-order valence-electron chi connectivity index (χ1n) is 9.02. The van der Waals surface area contributed by atoms with Gasteiger partial charge in [-0.2, -0.15) is 0 Å². The summed E-state index contributed by atoms with van der Waals surface area (Å²) in [6.07, 6.45) is 4.02. The number of hydrogen-bond donors (Lipinski definition) is 0. The number of rotatable bonds is 3. The molecule has 0 amide bonds. The van der Waals surface area contributed by atoms with Gasteiger partial charge in [-0.05, 0) is 28.5 Å². The van der Waals surface area contributed by atoms with Crippen LogP contribution in [-0.2, 0) is 11.2 Å². The molecule has 0 fully saturated rings. The summed E-state index contributed by atoms with van der Waals surface area (Å²) in [5.74, 6) is 0. The summed E-state index contributed by atoms with van der Waals surface area (Å²) >= 11 is 0. The van der Waals surface area contributed by atoms with Crippen LogP contribution in [0.4, 0.5) is 0 Å². The van der Waals surface area contributed by atoms with Crippen LogP contribution in [0.3, 0.4) is 0 Å². The van der Waals surface area contributed by atoms with E-state index in [1.165, 1.54) is 10.8 Å². The quantitative estimate of drug-likeness (QED) is 0.445. The molecule has 0 bridgehead atoms. The Morgan fingerprint density at radius 3 is 2.26 bits per heavy atom. The van der Waals surface area contributed by atoms with Gasteiger partial charge in [-0.3, -0.25) is 9.78 Å². The molecule has 3 nitrogen and oxygen atoms in total. The highest BCUT2D eigenvalue weighted by atomic mass is 16.1. The predicted octanol–water partition coefficient (Wildman–Crippen LogP) is 5.65. The number of pyridine rings is 1. The molecule has 0 radical (unpaired) electrons. The van der Waals surface area contributed by atoms with Gasteiger partial charge in [0.05, 0.1) is 5.52 Å². The molecule has 0 saturated heterocycles. The lowest BCUT2D eigenvalue weighted by Gasteiger charge is -2.01. The number of nitrogens with zero attached hydrogens (tertiary/aromatic N) is 1. The molecular formula is C24H23NO2. The molecule has 0 atom stereocenters. The second-order valence-electron chi connectivity index (χ2n) is 5.54. The van der Waals surface area contributed by atoms with Gasteiger partial charge < -0.3 is 4.79 Å². The van der Waals surface area contributed by atoms with E-state index < -0.39 is 0 Å². The van der Waals surface area contributed by atoms with Crippen molar-refractivity contribution in [1.82, 2.24) is 4.98 Å². The van der Waals surface area contributed by atoms with Crippen molar-refractivity contribution in [2.75, 3.05) is 0 Å². The van der Waals surface area contributed by atoms with E-state index in [9.17, 15) is 9.59 Å². The highest BCUT2D eigenvalue weighted by molar-refractivity contribution is 5.96. The van der Waals surface area contributed by atoms with Gasteiger partial charge in [0, 0.05) is 23.6 Å². The summed E-state index contributed by atoms with van der Waals surface area (Å²) in [5.41, 5.74) is 2.66. The van der Waals surface area contributed by atoms with Crippen LogP contribution in [0.2, 0.25) is 0 Å². The van der Waals surface area contributed by atoms with E-state index in [0.717, 1.165) is 29.0 Å². The molecule has 1 aromatic heterocycles. The number of fused-ring (bicyclic) bond motifs is 2. The van der Waals surface area contributed by atoms with Crippen molar-refractivity contribution in [3.8, 4) is 0 Å². The molecule has 0 N–H and O–H groups in total. The molecule has 3 heteroatoms. The van der Waals surface area contributed by atoms with Gasteiger partial charge in [0.1, 0.15) is 6.29 Å². The fourth-order valence-corrected chi connectivity index (χ4v) is 2.79. The van der Waals surface area contributed by atoms with Gasteiger partial charge >= 0.3 is 0 Å². The monoisotopic (exact) mass is 357 g/mol. The predicted molar refractivity (Wildman–Crippen MR) is 112 cm³/mol. The van der Waals surface area contributed by atoms with E-state index in [0.29, 0.717) is 12.0 Å². The lowest BCUT2D eigenvalue weighted by Crippen LogP contribution is -1.86. The van der Waals surface area contributed by atoms with Crippen molar-refractivity contribution in [2.24, 2.45) is 0 Å². The molecular weight excluding hydrogens is 334 g/mol. The molecule has 0 unspecified atom stereocenters. The van der Waals surface area contributed by atoms with Gasteiger partial charge in [-0.25, -0.2) is 0 Å². The average Bonchev–Trinajstić information content (AvgIpc) is 2.76. The number of carbonyl (C=O) groups excluding carboxylic acids is 2. The Labute approximate surface area is 159 Å². The molecule has 0 aliphatic carbocycles. The summed E-state index contributed by atoms with van der Waals surface area (Å²) < 4.78 is 0. The highest BCUT2D eigenvalue weighted by Crippen LogP contribution is 2.18. The van der Waals surface area contributed by atoms with Crippen LogP contribution < -0.4 is 0 Å². The fraction of sp³-hybridized carbons (Fsp3) is 0.125. The SMILES string of the molecule is CC.O=CCc1cccc2ccccc12.O=Cc1cccc2ncccc12. The van der Waals surface area contributed by atoms with Crippen molar-refractivity contribution < 1.29 is 9.59 Å². The summed E-state index contributed by atoms with van der Waals surface area (Å²) in [6.45, 7) is 4.00. The van der Waals surface area contributed by atoms with Gasteiger partial charge in [0.25, 0.3) is 0 Å². The van der Waals surface area contributed by atoms with Crippen molar-refractivity contribution >= 4 is 34.2 Å². The standard InChI is InChI=1S/C12H10O.C10H7NO.C2H6/c13-9-8-11-6-3-5-10-4-1-2-7-12(10)11;12-7-8-3-1-5-10-9(8)4-2-6-11-10;1-2/h1-7,9H,8H2;1-7H;1-2H3. The molecule has 4 rings (SSSR count). The Kier molecular flexibility index (Phi) is 7.86. The summed E-state index contributed by atoms with van der Waals surface area (Å²) in [6, 6.07) is 23.4. The zero-order valence-corrected chi connectivity index (χ0v) is 15.6. The van der Waals surface area contributed by atoms with E-state index in [2.05, 4.69) is 17.1 Å². The van der Waals surface area contributed by atoms with Gasteiger partial charge in [0.2, 0.25) is 0 Å². The second-order valence-corrected chi connectivity index (χ2v) is 5.54. The maximum atomic E-state index is 10.6. The van der Waals surface area contributed by atoms with Gasteiger partial charge in [-0.1, -0.05) is 74.5 Å². The Morgan fingerprint density at radius 1 is 0.778 bits per heavy atom. The average molecular weight is 357 g/mol. The lowest BCUT2D eigenvalue weighted by molar-refractivity contribution is -0.107. The number of aldehydes is 2. The fourth-order valence-electron chi connectivity index (χ4n) is 2.79. The Morgan fingerprint density at radius 2 is 1.48 bits per heavy atom. The molecule has 0 saturated carbocycles. The molecule has 0 aliphatic rings. The first kappa shape index (κ1) is 20.0. The maximum Gasteiger partial charge on any atom is 0.150 e. The molecule has 4 aromatic rings. The van der Waals surface area contributed by atoms with Gasteiger partial charge in [0.15, 0.2) is 6.29 Å². The number of aromatic nitrogens is 1. The first-order chi connectivity index (χ1) is 13.3. The highest BCUT2D eigenvalue weighted by Gasteiger charge is 1.98. The minimum Gasteiger partial charge on any atom is -0.303 e. The second kappa shape index (κ2) is 10.6. The molecule has 27 heavy (non-hydrogen) atoms. The van der Waals surface area contributed by atoms with Crippen LogP contribution in [0.15, 0.2) is 79.0 Å². The number of carbonyl (C=O) groups is 2. The molecule has 136 valence electrons. The smallest absolute Gasteiger partial charge is 0.150 e. The third kappa shape index (κ3) is 5.08. The van der Waals surface area contributed by atoms with E-state index >= 15 is 0 Å². The van der Waals surface area contributed by atoms with Crippen molar-refractivity contribution in [3.05, 3.63) is 90.1 Å². The Hall–Kier alpha value is -3.33. The first-order valence-corrected chi connectivity index (χ1v) is 9.02. The summed E-state index contributed by atoms with van der Waals surface area (Å²) in [7, 11) is 0. The maximum absolute atomic E-state index is 10.6. The Balaban J connectivity index is 0.000000178.